The highest BCUT2D eigenvalue weighted by Crippen LogP contribution is 2.29. The molecule has 0 aliphatic rings. The Kier molecular flexibility index (Phi) is 5.85. The Morgan fingerprint density at radius 1 is 1.23 bits per heavy atom. The average Bonchev–Trinajstić information content (AvgIpc) is 3.40. The van der Waals surface area contributed by atoms with Crippen LogP contribution in [0, 0.1) is 12.7 Å². The van der Waals surface area contributed by atoms with E-state index < -0.39 is 5.91 Å². The molecule has 1 N–H and O–H groups in total. The summed E-state index contributed by atoms with van der Waals surface area (Å²) in [6, 6.07) is 14.8. The molecule has 2 heterocycles. The third-order valence-corrected chi connectivity index (χ3v) is 4.79. The van der Waals surface area contributed by atoms with Crippen molar-refractivity contribution in [1.82, 2.24) is 25.6 Å². The molecule has 0 aliphatic carbocycles. The van der Waals surface area contributed by atoms with Crippen LogP contribution in [0.4, 0.5) is 4.39 Å². The molecule has 0 aliphatic heterocycles. The average molecular weight is 439 g/mol. The molecular formula is C21H16ClFN6O2. The molecular weight excluding hydrogens is 423 g/mol. The second kappa shape index (κ2) is 8.88. The molecule has 0 saturated heterocycles. The number of hydrogen-bond acceptors (Lipinski definition) is 6. The second-order valence-corrected chi connectivity index (χ2v) is 6.97. The van der Waals surface area contributed by atoms with E-state index >= 15 is 0 Å². The van der Waals surface area contributed by atoms with Crippen LogP contribution in [-0.2, 0) is 11.3 Å². The minimum Gasteiger partial charge on any atom is -0.455 e. The van der Waals surface area contributed by atoms with Gasteiger partial charge in [0.15, 0.2) is 0 Å². The molecule has 4 rings (SSSR count). The normalized spacial score (nSPS) is 11.2. The van der Waals surface area contributed by atoms with Gasteiger partial charge in [0.1, 0.15) is 23.9 Å². The van der Waals surface area contributed by atoms with Crippen molar-refractivity contribution in [2.75, 3.05) is 0 Å². The standard InChI is InChI=1S/C21H16ClFN6O2/c1-13-17(3-2-4-18(13)22)19-10-9-16(31-19)11-24-25-20(30)12-29-27-21(26-28-29)14-5-7-15(23)8-6-14/h2-11H,12H2,1H3,(H,25,30)/b24-11-. The largest absolute Gasteiger partial charge is 0.455 e. The fourth-order valence-corrected chi connectivity index (χ4v) is 2.97. The predicted molar refractivity (Wildman–Crippen MR) is 113 cm³/mol. The third-order valence-electron chi connectivity index (χ3n) is 4.38. The van der Waals surface area contributed by atoms with E-state index in [0.717, 1.165) is 15.9 Å². The van der Waals surface area contributed by atoms with Crippen molar-refractivity contribution < 1.29 is 13.6 Å². The summed E-state index contributed by atoms with van der Waals surface area (Å²) in [5.41, 5.74) is 4.76. The SMILES string of the molecule is Cc1c(Cl)cccc1-c1ccc(/C=N\NC(=O)Cn2nnc(-c3ccc(F)cc3)n2)o1. The zero-order chi connectivity index (χ0) is 21.8. The highest BCUT2D eigenvalue weighted by atomic mass is 35.5. The number of tetrazole rings is 1. The minimum absolute atomic E-state index is 0.184. The van der Waals surface area contributed by atoms with Gasteiger partial charge in [0.05, 0.1) is 6.21 Å². The quantitative estimate of drug-likeness (QED) is 0.364. The van der Waals surface area contributed by atoms with Gasteiger partial charge in [-0.25, -0.2) is 9.82 Å². The van der Waals surface area contributed by atoms with Gasteiger partial charge in [-0.05, 0) is 60.2 Å². The number of halogens is 2. The van der Waals surface area contributed by atoms with Crippen molar-refractivity contribution in [2.24, 2.45) is 5.10 Å². The summed E-state index contributed by atoms with van der Waals surface area (Å²) in [6.07, 6.45) is 1.39. The second-order valence-electron chi connectivity index (χ2n) is 6.56. The molecule has 0 unspecified atom stereocenters. The van der Waals surface area contributed by atoms with Crippen LogP contribution in [0.3, 0.4) is 0 Å². The van der Waals surface area contributed by atoms with Crippen molar-refractivity contribution in [3.05, 3.63) is 76.8 Å². The van der Waals surface area contributed by atoms with E-state index in [4.69, 9.17) is 16.0 Å². The number of furan rings is 1. The Morgan fingerprint density at radius 2 is 2.03 bits per heavy atom. The van der Waals surface area contributed by atoms with Crippen molar-refractivity contribution >= 4 is 23.7 Å². The zero-order valence-corrected chi connectivity index (χ0v) is 17.0. The van der Waals surface area contributed by atoms with Gasteiger partial charge < -0.3 is 4.42 Å². The summed E-state index contributed by atoms with van der Waals surface area (Å²) < 4.78 is 18.7. The number of carbonyl (C=O) groups excluding carboxylic acids is 1. The number of nitrogens with zero attached hydrogens (tertiary/aromatic N) is 5. The number of rotatable bonds is 6. The number of hydrogen-bond donors (Lipinski definition) is 1. The summed E-state index contributed by atoms with van der Waals surface area (Å²) in [4.78, 5) is 13.2. The summed E-state index contributed by atoms with van der Waals surface area (Å²) in [7, 11) is 0. The maximum Gasteiger partial charge on any atom is 0.263 e. The number of benzene rings is 2. The number of carbonyl (C=O) groups is 1. The van der Waals surface area contributed by atoms with Gasteiger partial charge in [0.2, 0.25) is 5.82 Å². The minimum atomic E-state index is -0.447. The number of nitrogens with one attached hydrogen (secondary N) is 1. The molecule has 31 heavy (non-hydrogen) atoms. The van der Waals surface area contributed by atoms with Crippen LogP contribution in [0.25, 0.3) is 22.7 Å². The molecule has 0 fully saturated rings. The highest BCUT2D eigenvalue weighted by molar-refractivity contribution is 6.31. The molecule has 0 bridgehead atoms. The van der Waals surface area contributed by atoms with E-state index in [1.807, 2.05) is 25.1 Å². The van der Waals surface area contributed by atoms with Crippen LogP contribution in [0.15, 0.2) is 64.1 Å². The molecule has 0 radical (unpaired) electrons. The Bertz CT molecular complexity index is 1250. The molecule has 4 aromatic rings. The Labute approximate surface area is 181 Å². The van der Waals surface area contributed by atoms with Crippen LogP contribution >= 0.6 is 11.6 Å². The molecule has 1 amide bonds. The maximum absolute atomic E-state index is 13.0. The molecule has 156 valence electrons. The molecule has 10 heteroatoms. The lowest BCUT2D eigenvalue weighted by Gasteiger charge is -2.03. The number of aromatic nitrogens is 4. The Morgan fingerprint density at radius 3 is 2.84 bits per heavy atom. The summed E-state index contributed by atoms with van der Waals surface area (Å²) in [5.74, 6) is 0.590. The first-order valence-electron chi connectivity index (χ1n) is 9.20. The van der Waals surface area contributed by atoms with Crippen LogP contribution in [-0.4, -0.2) is 32.3 Å². The fourth-order valence-electron chi connectivity index (χ4n) is 2.80. The van der Waals surface area contributed by atoms with Crippen LogP contribution < -0.4 is 5.43 Å². The zero-order valence-electron chi connectivity index (χ0n) is 16.3. The molecule has 0 saturated carbocycles. The third kappa shape index (κ3) is 4.84. The van der Waals surface area contributed by atoms with E-state index in [-0.39, 0.29) is 18.2 Å². The topological polar surface area (TPSA) is 98.2 Å². The molecule has 8 nitrogen and oxygen atoms in total. The molecule has 0 spiro atoms. The monoisotopic (exact) mass is 438 g/mol. The van der Waals surface area contributed by atoms with E-state index in [1.54, 1.807) is 12.1 Å². The summed E-state index contributed by atoms with van der Waals surface area (Å²) in [6.45, 7) is 1.73. The van der Waals surface area contributed by atoms with Crippen molar-refractivity contribution in [2.45, 2.75) is 13.5 Å². The van der Waals surface area contributed by atoms with Gasteiger partial charge in [-0.3, -0.25) is 4.79 Å². The van der Waals surface area contributed by atoms with Crippen LogP contribution in [0.2, 0.25) is 5.02 Å². The van der Waals surface area contributed by atoms with Gasteiger partial charge in [-0.1, -0.05) is 23.7 Å². The molecule has 2 aromatic heterocycles. The number of hydrazone groups is 1. The van der Waals surface area contributed by atoms with E-state index in [1.165, 1.54) is 30.5 Å². The molecule has 2 aromatic carbocycles. The van der Waals surface area contributed by atoms with Gasteiger partial charge >= 0.3 is 0 Å². The van der Waals surface area contributed by atoms with Crippen molar-refractivity contribution in [3.63, 3.8) is 0 Å². The lowest BCUT2D eigenvalue weighted by molar-refractivity contribution is -0.122. The highest BCUT2D eigenvalue weighted by Gasteiger charge is 2.10. The maximum atomic E-state index is 13.0. The van der Waals surface area contributed by atoms with Crippen LogP contribution in [0.5, 0.6) is 0 Å². The lowest BCUT2D eigenvalue weighted by Crippen LogP contribution is -2.24. The van der Waals surface area contributed by atoms with Crippen molar-refractivity contribution in [3.8, 4) is 22.7 Å². The summed E-state index contributed by atoms with van der Waals surface area (Å²) >= 11 is 6.15. The first kappa shape index (κ1) is 20.4. The van der Waals surface area contributed by atoms with Crippen molar-refractivity contribution in [1.29, 1.82) is 0 Å². The Balaban J connectivity index is 1.35. The molecule has 0 atom stereocenters. The lowest BCUT2D eigenvalue weighted by atomic mass is 10.1. The Hall–Kier alpha value is -3.85. The van der Waals surface area contributed by atoms with Gasteiger partial charge in [-0.2, -0.15) is 9.90 Å². The van der Waals surface area contributed by atoms with Crippen LogP contribution in [0.1, 0.15) is 11.3 Å². The van der Waals surface area contributed by atoms with Gasteiger partial charge in [0.25, 0.3) is 5.91 Å². The summed E-state index contributed by atoms with van der Waals surface area (Å²) in [5, 5.41) is 16.3. The fraction of sp³-hybridized carbons (Fsp3) is 0.0952. The van der Waals surface area contributed by atoms with Gasteiger partial charge in [0, 0.05) is 16.1 Å². The number of amides is 1. The van der Waals surface area contributed by atoms with E-state index in [9.17, 15) is 9.18 Å². The van der Waals surface area contributed by atoms with E-state index in [2.05, 4.69) is 25.9 Å². The predicted octanol–water partition coefficient (Wildman–Crippen LogP) is 3.85. The smallest absolute Gasteiger partial charge is 0.263 e. The first-order chi connectivity index (χ1) is 15.0. The first-order valence-corrected chi connectivity index (χ1v) is 9.58. The van der Waals surface area contributed by atoms with E-state index in [0.29, 0.717) is 22.1 Å². The van der Waals surface area contributed by atoms with Gasteiger partial charge in [-0.15, -0.1) is 10.2 Å².